The number of halogens is 2. The molecule has 0 radical (unpaired) electrons. The lowest BCUT2D eigenvalue weighted by Crippen LogP contribution is -2.33. The van der Waals surface area contributed by atoms with E-state index in [1.807, 2.05) is 0 Å². The van der Waals surface area contributed by atoms with Gasteiger partial charge in [0, 0.05) is 6.54 Å². The lowest BCUT2D eigenvalue weighted by atomic mass is 10.2. The molecule has 0 rings (SSSR count). The Hall–Kier alpha value is -0.580. The second-order valence-electron chi connectivity index (χ2n) is 4.17. The number of rotatable bonds is 3. The first-order chi connectivity index (χ1) is 6.76. The molecule has 0 unspecified atom stereocenters. The van der Waals surface area contributed by atoms with Crippen molar-refractivity contribution in [3.05, 3.63) is 11.4 Å². The summed E-state index contributed by atoms with van der Waals surface area (Å²) in [6, 6.07) is 0. The van der Waals surface area contributed by atoms with Gasteiger partial charge in [-0.1, -0.05) is 15.9 Å². The summed E-state index contributed by atoms with van der Waals surface area (Å²) < 4.78 is 17.9. The summed E-state index contributed by atoms with van der Waals surface area (Å²) in [6.07, 6.45) is -0.538. The third-order valence-electron chi connectivity index (χ3n) is 1.48. The van der Waals surface area contributed by atoms with E-state index in [1.54, 1.807) is 27.7 Å². The van der Waals surface area contributed by atoms with Gasteiger partial charge >= 0.3 is 6.09 Å². The molecule has 1 amide bonds. The Morgan fingerprint density at radius 2 is 2.00 bits per heavy atom. The van der Waals surface area contributed by atoms with Crippen molar-refractivity contribution in [3.63, 3.8) is 0 Å². The Labute approximate surface area is 98.2 Å². The molecule has 88 valence electrons. The fourth-order valence-corrected chi connectivity index (χ4v) is 1.21. The summed E-state index contributed by atoms with van der Waals surface area (Å²) in [5, 5.41) is 2.64. The van der Waals surface area contributed by atoms with Gasteiger partial charge in [0.25, 0.3) is 0 Å². The number of amides is 1. The Morgan fingerprint density at radius 3 is 2.40 bits per heavy atom. The van der Waals surface area contributed by atoms with Crippen LogP contribution in [-0.4, -0.2) is 23.6 Å². The van der Waals surface area contributed by atoms with Crippen molar-refractivity contribution in [1.29, 1.82) is 0 Å². The van der Waals surface area contributed by atoms with E-state index in [1.165, 1.54) is 0 Å². The zero-order chi connectivity index (χ0) is 12.1. The molecule has 0 saturated heterocycles. The van der Waals surface area contributed by atoms with Crippen LogP contribution < -0.4 is 5.32 Å². The van der Waals surface area contributed by atoms with Gasteiger partial charge in [-0.2, -0.15) is 0 Å². The largest absolute Gasteiger partial charge is 0.444 e. The topological polar surface area (TPSA) is 38.3 Å². The summed E-state index contributed by atoms with van der Waals surface area (Å²) in [4.78, 5) is 11.2. The highest BCUT2D eigenvalue weighted by atomic mass is 79.9. The van der Waals surface area contributed by atoms with Gasteiger partial charge in [-0.15, -0.1) is 0 Å². The normalized spacial score (nSPS) is 13.2. The number of allylic oxidation sites excluding steroid dienone is 1. The fraction of sp³-hybridized carbons (Fsp3) is 0.700. The fourth-order valence-electron chi connectivity index (χ4n) is 0.729. The first-order valence-corrected chi connectivity index (χ1v) is 5.75. The molecule has 0 heterocycles. The van der Waals surface area contributed by atoms with Crippen LogP contribution in [0.2, 0.25) is 0 Å². The van der Waals surface area contributed by atoms with Crippen molar-refractivity contribution < 1.29 is 13.9 Å². The maximum absolute atomic E-state index is 13.0. The number of carbonyl (C=O) groups is 1. The Kier molecular flexibility index (Phi) is 5.87. The van der Waals surface area contributed by atoms with E-state index in [0.29, 0.717) is 5.57 Å². The molecule has 0 atom stereocenters. The van der Waals surface area contributed by atoms with Gasteiger partial charge in [0.05, 0.1) is 5.33 Å². The minimum absolute atomic E-state index is 0.159. The monoisotopic (exact) mass is 281 g/mol. The van der Waals surface area contributed by atoms with Crippen molar-refractivity contribution >= 4 is 22.0 Å². The van der Waals surface area contributed by atoms with Crippen LogP contribution >= 0.6 is 15.9 Å². The SMILES string of the molecule is C/C(CNC(=O)OC(C)(C)C)=C(/F)CBr. The van der Waals surface area contributed by atoms with E-state index < -0.39 is 11.7 Å². The zero-order valence-corrected chi connectivity index (χ0v) is 11.1. The van der Waals surface area contributed by atoms with Crippen LogP contribution in [0.3, 0.4) is 0 Å². The van der Waals surface area contributed by atoms with Crippen molar-refractivity contribution in [2.45, 2.75) is 33.3 Å². The maximum Gasteiger partial charge on any atom is 0.407 e. The lowest BCUT2D eigenvalue weighted by Gasteiger charge is -2.19. The molecule has 0 saturated carbocycles. The molecule has 0 bridgehead atoms. The quantitative estimate of drug-likeness (QED) is 0.807. The smallest absolute Gasteiger partial charge is 0.407 e. The number of hydrogen-bond donors (Lipinski definition) is 1. The maximum atomic E-state index is 13.0. The predicted molar refractivity (Wildman–Crippen MR) is 61.8 cm³/mol. The summed E-state index contributed by atoms with van der Waals surface area (Å²) in [5.74, 6) is -0.272. The highest BCUT2D eigenvalue weighted by Gasteiger charge is 2.15. The standard InChI is InChI=1S/C10H17BrFNO2/c1-7(8(12)5-11)6-13-9(14)15-10(2,3)4/h5-6H2,1-4H3,(H,13,14)/b8-7-. The lowest BCUT2D eigenvalue weighted by molar-refractivity contribution is 0.0532. The number of alkyl halides is 1. The van der Waals surface area contributed by atoms with E-state index in [4.69, 9.17) is 4.74 Å². The van der Waals surface area contributed by atoms with Crippen LogP contribution in [0.5, 0.6) is 0 Å². The van der Waals surface area contributed by atoms with Gasteiger partial charge in [0.1, 0.15) is 11.4 Å². The van der Waals surface area contributed by atoms with E-state index in [2.05, 4.69) is 21.2 Å². The molecule has 0 aromatic carbocycles. The van der Waals surface area contributed by atoms with E-state index in [9.17, 15) is 9.18 Å². The summed E-state index contributed by atoms with van der Waals surface area (Å²) in [5.41, 5.74) is -0.0481. The predicted octanol–water partition coefficient (Wildman–Crippen LogP) is 3.15. The summed E-state index contributed by atoms with van der Waals surface area (Å²) >= 11 is 2.99. The number of carbonyl (C=O) groups excluding carboxylic acids is 1. The van der Waals surface area contributed by atoms with Crippen LogP contribution in [0.15, 0.2) is 11.4 Å². The molecule has 0 fully saturated rings. The van der Waals surface area contributed by atoms with Gasteiger partial charge in [-0.25, -0.2) is 9.18 Å². The number of hydrogen-bond acceptors (Lipinski definition) is 2. The molecule has 0 aromatic heterocycles. The van der Waals surface area contributed by atoms with Crippen molar-refractivity contribution in [2.75, 3.05) is 11.9 Å². The van der Waals surface area contributed by atoms with Crippen molar-refractivity contribution in [1.82, 2.24) is 5.32 Å². The van der Waals surface area contributed by atoms with Gasteiger partial charge in [0.2, 0.25) is 0 Å². The molecule has 0 spiro atoms. The average Bonchev–Trinajstić information content (AvgIpc) is 2.10. The zero-order valence-electron chi connectivity index (χ0n) is 9.49. The Morgan fingerprint density at radius 1 is 1.47 bits per heavy atom. The Balaban J connectivity index is 4.03. The molecular weight excluding hydrogens is 265 g/mol. The highest BCUT2D eigenvalue weighted by Crippen LogP contribution is 2.09. The molecule has 0 aromatic rings. The number of alkyl carbamates (subject to hydrolysis) is 1. The molecule has 3 nitrogen and oxygen atoms in total. The highest BCUT2D eigenvalue weighted by molar-refractivity contribution is 9.09. The second kappa shape index (κ2) is 6.10. The Bertz CT molecular complexity index is 259. The van der Waals surface area contributed by atoms with Crippen LogP contribution in [-0.2, 0) is 4.74 Å². The van der Waals surface area contributed by atoms with Crippen molar-refractivity contribution in [3.8, 4) is 0 Å². The van der Waals surface area contributed by atoms with Crippen LogP contribution in [0.1, 0.15) is 27.7 Å². The van der Waals surface area contributed by atoms with E-state index >= 15 is 0 Å². The second-order valence-corrected chi connectivity index (χ2v) is 4.74. The first kappa shape index (κ1) is 14.4. The first-order valence-electron chi connectivity index (χ1n) is 4.63. The molecule has 1 N–H and O–H groups in total. The molecule has 0 aliphatic rings. The molecular formula is C10H17BrFNO2. The minimum atomic E-state index is -0.538. The minimum Gasteiger partial charge on any atom is -0.444 e. The molecule has 5 heteroatoms. The van der Waals surface area contributed by atoms with Crippen LogP contribution in [0.4, 0.5) is 9.18 Å². The third kappa shape index (κ3) is 7.36. The van der Waals surface area contributed by atoms with E-state index in [0.717, 1.165) is 0 Å². The van der Waals surface area contributed by atoms with Gasteiger partial charge in [-0.05, 0) is 33.3 Å². The third-order valence-corrected chi connectivity index (χ3v) is 1.97. The average molecular weight is 282 g/mol. The van der Waals surface area contributed by atoms with Gasteiger partial charge < -0.3 is 10.1 Å². The molecule has 15 heavy (non-hydrogen) atoms. The number of ether oxygens (including phenoxy) is 1. The summed E-state index contributed by atoms with van der Waals surface area (Å²) in [6.45, 7) is 7.09. The van der Waals surface area contributed by atoms with Gasteiger partial charge in [0.15, 0.2) is 0 Å². The van der Waals surface area contributed by atoms with Crippen LogP contribution in [0.25, 0.3) is 0 Å². The van der Waals surface area contributed by atoms with Crippen molar-refractivity contribution in [2.24, 2.45) is 0 Å². The molecule has 0 aliphatic heterocycles. The van der Waals surface area contributed by atoms with Gasteiger partial charge in [-0.3, -0.25) is 0 Å². The molecule has 0 aliphatic carbocycles. The number of nitrogens with one attached hydrogen (secondary N) is 1. The van der Waals surface area contributed by atoms with Crippen LogP contribution in [0, 0.1) is 0 Å². The summed E-state index contributed by atoms with van der Waals surface area (Å²) in [7, 11) is 0. The van der Waals surface area contributed by atoms with E-state index in [-0.39, 0.29) is 17.7 Å².